The summed E-state index contributed by atoms with van der Waals surface area (Å²) in [6, 6.07) is 10.5. The molecule has 1 aromatic rings. The van der Waals surface area contributed by atoms with Crippen molar-refractivity contribution in [3.63, 3.8) is 0 Å². The Bertz CT molecular complexity index is 191. The summed E-state index contributed by atoms with van der Waals surface area (Å²) in [5, 5.41) is 1.13. The molecular formula is C9H11LiOSe. The Labute approximate surface area is 92.2 Å². The zero-order valence-corrected chi connectivity index (χ0v) is 9.20. The van der Waals surface area contributed by atoms with Gasteiger partial charge in [-0.15, -0.1) is 0 Å². The van der Waals surface area contributed by atoms with Crippen molar-refractivity contribution < 1.29 is 23.6 Å². The van der Waals surface area contributed by atoms with E-state index < -0.39 is 0 Å². The van der Waals surface area contributed by atoms with Gasteiger partial charge in [0.25, 0.3) is 0 Å². The maximum absolute atomic E-state index is 4.87. The molecule has 0 fully saturated rings. The summed E-state index contributed by atoms with van der Waals surface area (Å²) in [5.74, 6) is 0. The first-order chi connectivity index (χ1) is 5.43. The second-order valence-electron chi connectivity index (χ2n) is 2.13. The van der Waals surface area contributed by atoms with Crippen LogP contribution in [0.5, 0.6) is 0 Å². The van der Waals surface area contributed by atoms with Gasteiger partial charge in [0.15, 0.2) is 0 Å². The van der Waals surface area contributed by atoms with Crippen molar-refractivity contribution in [1.29, 1.82) is 0 Å². The number of hydrogen-bond donors (Lipinski definition) is 0. The molecule has 3 heteroatoms. The van der Waals surface area contributed by atoms with Crippen LogP contribution >= 0.6 is 0 Å². The van der Waals surface area contributed by atoms with E-state index in [1.54, 1.807) is 7.11 Å². The van der Waals surface area contributed by atoms with E-state index in [1.807, 2.05) is 11.6 Å². The van der Waals surface area contributed by atoms with E-state index in [2.05, 4.69) is 24.3 Å². The summed E-state index contributed by atoms with van der Waals surface area (Å²) >= 11 is 0.482. The zero-order chi connectivity index (χ0) is 7.94. The molecule has 60 valence electrons. The van der Waals surface area contributed by atoms with Crippen molar-refractivity contribution in [1.82, 2.24) is 0 Å². The Balaban J connectivity index is 0.00000121. The second-order valence-corrected chi connectivity index (χ2v) is 3.84. The standard InChI is InChI=1S/C9H11OSe.Li/c1-10-8-11-7-9-5-3-2-4-6-9;/h2-6,8H,7H2,1H3;/q-1;+1. The molecule has 0 N–H and O–H groups in total. The van der Waals surface area contributed by atoms with Crippen molar-refractivity contribution in [3.05, 3.63) is 41.4 Å². The number of hydrogen-bond acceptors (Lipinski definition) is 1. The molecule has 1 rings (SSSR count). The molecule has 0 heterocycles. The third-order valence-corrected chi connectivity index (χ3v) is 3.00. The Morgan fingerprint density at radius 1 is 1.33 bits per heavy atom. The van der Waals surface area contributed by atoms with Crippen molar-refractivity contribution in [2.75, 3.05) is 7.11 Å². The summed E-state index contributed by atoms with van der Waals surface area (Å²) in [7, 11) is 1.70. The van der Waals surface area contributed by atoms with Crippen molar-refractivity contribution >= 4 is 15.0 Å². The van der Waals surface area contributed by atoms with E-state index in [1.165, 1.54) is 5.56 Å². The van der Waals surface area contributed by atoms with Crippen molar-refractivity contribution in [2.24, 2.45) is 0 Å². The minimum Gasteiger partial charge on any atom is 1.00 e. The first kappa shape index (κ1) is 12.3. The molecule has 1 nitrogen and oxygen atoms in total. The molecule has 0 saturated carbocycles. The maximum atomic E-state index is 4.87. The predicted molar refractivity (Wildman–Crippen MR) is 47.2 cm³/mol. The molecule has 0 aliphatic carbocycles. The van der Waals surface area contributed by atoms with Crippen LogP contribution in [0, 0.1) is 5.51 Å². The van der Waals surface area contributed by atoms with Crippen LogP contribution in [0.2, 0.25) is 0 Å². The van der Waals surface area contributed by atoms with Gasteiger partial charge in [-0.05, 0) is 0 Å². The molecule has 0 amide bonds. The third kappa shape index (κ3) is 5.03. The van der Waals surface area contributed by atoms with Gasteiger partial charge in [0, 0.05) is 0 Å². The van der Waals surface area contributed by atoms with Crippen LogP contribution in [0.25, 0.3) is 0 Å². The van der Waals surface area contributed by atoms with Crippen LogP contribution in [0.3, 0.4) is 0 Å². The minimum absolute atomic E-state index is 0. The second kappa shape index (κ2) is 7.92. The molecule has 0 aliphatic heterocycles. The molecule has 0 radical (unpaired) electrons. The average molecular weight is 221 g/mol. The largest absolute Gasteiger partial charge is 1.00 e. The van der Waals surface area contributed by atoms with Gasteiger partial charge in [0.1, 0.15) is 0 Å². The fourth-order valence-corrected chi connectivity index (χ4v) is 2.01. The van der Waals surface area contributed by atoms with E-state index in [0.29, 0.717) is 15.0 Å². The third-order valence-electron chi connectivity index (χ3n) is 1.26. The van der Waals surface area contributed by atoms with Gasteiger partial charge >= 0.3 is 92.4 Å². The first-order valence-electron chi connectivity index (χ1n) is 3.43. The summed E-state index contributed by atoms with van der Waals surface area (Å²) in [5.41, 5.74) is 3.28. The van der Waals surface area contributed by atoms with Crippen molar-refractivity contribution in [2.45, 2.75) is 5.32 Å². The number of benzene rings is 1. The molecule has 0 spiro atoms. The monoisotopic (exact) mass is 222 g/mol. The Morgan fingerprint density at radius 2 is 2.00 bits per heavy atom. The van der Waals surface area contributed by atoms with Gasteiger partial charge in [-0.2, -0.15) is 0 Å². The zero-order valence-electron chi connectivity index (χ0n) is 7.49. The van der Waals surface area contributed by atoms with Crippen LogP contribution in [-0.4, -0.2) is 22.1 Å². The molecule has 0 atom stereocenters. The summed E-state index contributed by atoms with van der Waals surface area (Å²) < 4.78 is 4.87. The molecule has 0 bridgehead atoms. The molecule has 0 saturated heterocycles. The molecule has 12 heavy (non-hydrogen) atoms. The van der Waals surface area contributed by atoms with Crippen LogP contribution in [-0.2, 0) is 10.1 Å². The average Bonchev–Trinajstić information content (AvgIpc) is 2.07. The summed E-state index contributed by atoms with van der Waals surface area (Å²) in [4.78, 5) is 0. The van der Waals surface area contributed by atoms with E-state index in [0.717, 1.165) is 5.32 Å². The Kier molecular flexibility index (Phi) is 8.12. The quantitative estimate of drug-likeness (QED) is 0.347. The summed E-state index contributed by atoms with van der Waals surface area (Å²) in [6.07, 6.45) is 0. The SMILES string of the molecule is CO[CH-][Se]Cc1ccccc1.[Li+]. The van der Waals surface area contributed by atoms with Gasteiger partial charge in [0.2, 0.25) is 0 Å². The van der Waals surface area contributed by atoms with Gasteiger partial charge < -0.3 is 0 Å². The fourth-order valence-electron chi connectivity index (χ4n) is 0.773. The first-order valence-corrected chi connectivity index (χ1v) is 5.63. The molecular weight excluding hydrogens is 210 g/mol. The smallest absolute Gasteiger partial charge is 1.00 e. The van der Waals surface area contributed by atoms with Gasteiger partial charge in [-0.25, -0.2) is 0 Å². The molecule has 0 unspecified atom stereocenters. The van der Waals surface area contributed by atoms with E-state index in [-0.39, 0.29) is 18.9 Å². The van der Waals surface area contributed by atoms with Gasteiger partial charge in [0.05, 0.1) is 0 Å². The van der Waals surface area contributed by atoms with Crippen molar-refractivity contribution in [3.8, 4) is 0 Å². The molecule has 1 aromatic carbocycles. The van der Waals surface area contributed by atoms with Crippen LogP contribution in [0.1, 0.15) is 5.56 Å². The Morgan fingerprint density at radius 3 is 2.58 bits per heavy atom. The van der Waals surface area contributed by atoms with E-state index >= 15 is 0 Å². The number of ether oxygens (including phenoxy) is 1. The predicted octanol–water partition coefficient (Wildman–Crippen LogP) is -1.34. The minimum atomic E-state index is 0. The normalized spacial score (nSPS) is 9.08. The van der Waals surface area contributed by atoms with E-state index in [9.17, 15) is 0 Å². The fraction of sp³-hybridized carbons (Fsp3) is 0.222. The molecule has 0 aliphatic rings. The topological polar surface area (TPSA) is 9.23 Å². The van der Waals surface area contributed by atoms with Crippen LogP contribution in [0.4, 0.5) is 0 Å². The van der Waals surface area contributed by atoms with Crippen LogP contribution < -0.4 is 18.9 Å². The molecule has 0 aromatic heterocycles. The summed E-state index contributed by atoms with van der Waals surface area (Å²) in [6.45, 7) is 0. The Hall–Kier alpha value is 0.297. The van der Waals surface area contributed by atoms with Gasteiger partial charge in [-0.3, -0.25) is 0 Å². The number of rotatable bonds is 4. The van der Waals surface area contributed by atoms with E-state index in [4.69, 9.17) is 4.74 Å². The maximum Gasteiger partial charge on any atom is 1.00 e. The van der Waals surface area contributed by atoms with Crippen LogP contribution in [0.15, 0.2) is 30.3 Å². The number of methoxy groups -OCH3 is 1. The van der Waals surface area contributed by atoms with Gasteiger partial charge in [-0.1, -0.05) is 0 Å².